The van der Waals surface area contributed by atoms with Crippen molar-refractivity contribution < 1.29 is 0 Å². The molecule has 0 amide bonds. The van der Waals surface area contributed by atoms with Gasteiger partial charge in [-0.25, -0.2) is 15.0 Å². The highest BCUT2D eigenvalue weighted by atomic mass is 32.1. The Labute approximate surface area is 118 Å². The van der Waals surface area contributed by atoms with Crippen LogP contribution in [0.3, 0.4) is 0 Å². The third kappa shape index (κ3) is 3.50. The first kappa shape index (κ1) is 13.9. The molecule has 1 unspecified atom stereocenters. The molecule has 2 rings (SSSR count). The lowest BCUT2D eigenvalue weighted by molar-refractivity contribution is 0.828. The smallest absolute Gasteiger partial charge is 0.133 e. The number of hydrogen-bond acceptors (Lipinski definition) is 5. The maximum atomic E-state index is 4.52. The van der Waals surface area contributed by atoms with Crippen LogP contribution >= 0.6 is 11.3 Å². The van der Waals surface area contributed by atoms with Gasteiger partial charge in [-0.05, 0) is 27.2 Å². The van der Waals surface area contributed by atoms with Crippen molar-refractivity contribution in [1.82, 2.24) is 15.0 Å². The molecule has 19 heavy (non-hydrogen) atoms. The van der Waals surface area contributed by atoms with Crippen LogP contribution in [-0.2, 0) is 6.42 Å². The Morgan fingerprint density at radius 2 is 2.11 bits per heavy atom. The van der Waals surface area contributed by atoms with Crippen LogP contribution in [0.2, 0.25) is 0 Å². The fourth-order valence-corrected chi connectivity index (χ4v) is 2.71. The van der Waals surface area contributed by atoms with E-state index in [9.17, 15) is 0 Å². The topological polar surface area (TPSA) is 50.7 Å². The number of nitrogens with one attached hydrogen (secondary N) is 1. The molecule has 102 valence electrons. The highest BCUT2D eigenvalue weighted by Crippen LogP contribution is 2.23. The Morgan fingerprint density at radius 3 is 2.74 bits per heavy atom. The van der Waals surface area contributed by atoms with Crippen LogP contribution in [0.15, 0.2) is 11.6 Å². The van der Waals surface area contributed by atoms with Crippen molar-refractivity contribution in [2.75, 3.05) is 5.32 Å². The molecule has 0 aliphatic carbocycles. The number of rotatable bonds is 5. The van der Waals surface area contributed by atoms with Crippen LogP contribution in [-0.4, -0.2) is 15.0 Å². The molecule has 5 heteroatoms. The summed E-state index contributed by atoms with van der Waals surface area (Å²) < 4.78 is 0. The van der Waals surface area contributed by atoms with Gasteiger partial charge in [-0.2, -0.15) is 0 Å². The number of anilines is 1. The highest BCUT2D eigenvalue weighted by Gasteiger charge is 2.12. The third-order valence-corrected chi connectivity index (χ3v) is 4.01. The first-order valence-electron chi connectivity index (χ1n) is 6.61. The van der Waals surface area contributed by atoms with Gasteiger partial charge in [-0.15, -0.1) is 11.3 Å². The first-order chi connectivity index (χ1) is 9.10. The van der Waals surface area contributed by atoms with Crippen LogP contribution < -0.4 is 5.32 Å². The van der Waals surface area contributed by atoms with Crippen molar-refractivity contribution in [2.24, 2.45) is 0 Å². The molecule has 2 aromatic heterocycles. The van der Waals surface area contributed by atoms with E-state index < -0.39 is 0 Å². The number of aryl methyl sites for hydroxylation is 3. The second-order valence-electron chi connectivity index (χ2n) is 4.73. The predicted molar refractivity (Wildman–Crippen MR) is 79.7 cm³/mol. The molecule has 0 saturated carbocycles. The molecule has 0 aromatic carbocycles. The van der Waals surface area contributed by atoms with E-state index in [-0.39, 0.29) is 6.04 Å². The largest absolute Gasteiger partial charge is 0.361 e. The standard InChI is InChI=1S/C14H20N4S/c1-5-6-12-7-15-11(4)18-13(12)17-10(3)14-16-9(2)8-19-14/h7-8,10H,5-6H2,1-4H3,(H,15,17,18). The summed E-state index contributed by atoms with van der Waals surface area (Å²) in [6, 6.07) is 0.170. The number of nitrogens with zero attached hydrogens (tertiary/aromatic N) is 3. The van der Waals surface area contributed by atoms with E-state index in [1.807, 2.05) is 20.0 Å². The maximum absolute atomic E-state index is 4.52. The Kier molecular flexibility index (Phi) is 4.47. The van der Waals surface area contributed by atoms with Crippen LogP contribution in [0.25, 0.3) is 0 Å². The lowest BCUT2D eigenvalue weighted by Crippen LogP contribution is -2.11. The molecular weight excluding hydrogens is 256 g/mol. The van der Waals surface area contributed by atoms with Crippen LogP contribution in [0, 0.1) is 13.8 Å². The van der Waals surface area contributed by atoms with Gasteiger partial charge < -0.3 is 5.32 Å². The molecule has 0 fully saturated rings. The molecule has 0 bridgehead atoms. The summed E-state index contributed by atoms with van der Waals surface area (Å²) in [5, 5.41) is 6.63. The van der Waals surface area contributed by atoms with E-state index >= 15 is 0 Å². The van der Waals surface area contributed by atoms with Crippen molar-refractivity contribution in [1.29, 1.82) is 0 Å². The van der Waals surface area contributed by atoms with Crippen molar-refractivity contribution >= 4 is 17.2 Å². The SMILES string of the molecule is CCCc1cnc(C)nc1NC(C)c1nc(C)cs1. The molecule has 0 saturated heterocycles. The Bertz CT molecular complexity index is 550. The Balaban J connectivity index is 2.19. The number of thiazole rings is 1. The van der Waals surface area contributed by atoms with Crippen molar-refractivity contribution in [2.45, 2.75) is 46.6 Å². The fourth-order valence-electron chi connectivity index (χ4n) is 1.91. The van der Waals surface area contributed by atoms with Gasteiger partial charge in [0.2, 0.25) is 0 Å². The minimum atomic E-state index is 0.170. The average molecular weight is 276 g/mol. The number of hydrogen-bond donors (Lipinski definition) is 1. The minimum Gasteiger partial charge on any atom is -0.361 e. The van der Waals surface area contributed by atoms with E-state index in [1.54, 1.807) is 11.3 Å². The maximum Gasteiger partial charge on any atom is 0.133 e. The third-order valence-electron chi connectivity index (χ3n) is 2.86. The normalized spacial score (nSPS) is 12.4. The van der Waals surface area contributed by atoms with Crippen molar-refractivity contribution in [3.8, 4) is 0 Å². The van der Waals surface area contributed by atoms with Gasteiger partial charge in [0.05, 0.1) is 6.04 Å². The summed E-state index contributed by atoms with van der Waals surface area (Å²) in [6.07, 6.45) is 4.01. The summed E-state index contributed by atoms with van der Waals surface area (Å²) in [7, 11) is 0. The van der Waals surface area contributed by atoms with Crippen LogP contribution in [0.1, 0.15) is 48.4 Å². The summed E-state index contributed by atoms with van der Waals surface area (Å²) >= 11 is 1.68. The molecule has 4 nitrogen and oxygen atoms in total. The molecule has 2 aromatic rings. The van der Waals surface area contributed by atoms with Gasteiger partial charge in [0, 0.05) is 22.8 Å². The number of aromatic nitrogens is 3. The molecule has 2 heterocycles. The quantitative estimate of drug-likeness (QED) is 0.905. The summed E-state index contributed by atoms with van der Waals surface area (Å²) in [6.45, 7) is 8.21. The highest BCUT2D eigenvalue weighted by molar-refractivity contribution is 7.09. The second kappa shape index (κ2) is 6.10. The van der Waals surface area contributed by atoms with Crippen LogP contribution in [0.4, 0.5) is 5.82 Å². The van der Waals surface area contributed by atoms with Gasteiger partial charge >= 0.3 is 0 Å². The minimum absolute atomic E-state index is 0.170. The van der Waals surface area contributed by atoms with Gasteiger partial charge in [0.1, 0.15) is 16.6 Å². The lowest BCUT2D eigenvalue weighted by atomic mass is 10.2. The summed E-state index contributed by atoms with van der Waals surface area (Å²) in [5.74, 6) is 1.74. The van der Waals surface area contributed by atoms with Crippen molar-refractivity contribution in [3.63, 3.8) is 0 Å². The fraction of sp³-hybridized carbons (Fsp3) is 0.500. The van der Waals surface area contributed by atoms with E-state index in [0.717, 1.165) is 35.2 Å². The van der Waals surface area contributed by atoms with E-state index in [4.69, 9.17) is 0 Å². The van der Waals surface area contributed by atoms with E-state index in [2.05, 4.69) is 39.5 Å². The Hall–Kier alpha value is -1.49. The van der Waals surface area contributed by atoms with Gasteiger partial charge in [-0.3, -0.25) is 0 Å². The average Bonchev–Trinajstić information content (AvgIpc) is 2.80. The zero-order chi connectivity index (χ0) is 13.8. The molecule has 0 radical (unpaired) electrons. The van der Waals surface area contributed by atoms with Crippen molar-refractivity contribution in [3.05, 3.63) is 33.7 Å². The summed E-state index contributed by atoms with van der Waals surface area (Å²) in [4.78, 5) is 13.3. The van der Waals surface area contributed by atoms with E-state index in [1.165, 1.54) is 5.56 Å². The summed E-state index contributed by atoms with van der Waals surface area (Å²) in [5.41, 5.74) is 2.24. The predicted octanol–water partition coefficient (Wildman–Crippen LogP) is 3.68. The molecular formula is C14H20N4S. The van der Waals surface area contributed by atoms with Gasteiger partial charge in [-0.1, -0.05) is 13.3 Å². The van der Waals surface area contributed by atoms with Crippen LogP contribution in [0.5, 0.6) is 0 Å². The molecule has 0 aliphatic heterocycles. The molecule has 1 atom stereocenters. The molecule has 0 aliphatic rings. The first-order valence-corrected chi connectivity index (χ1v) is 7.49. The van der Waals surface area contributed by atoms with Gasteiger partial charge in [0.25, 0.3) is 0 Å². The van der Waals surface area contributed by atoms with E-state index in [0.29, 0.717) is 0 Å². The second-order valence-corrected chi connectivity index (χ2v) is 5.62. The van der Waals surface area contributed by atoms with Gasteiger partial charge in [0.15, 0.2) is 0 Å². The zero-order valence-corrected chi connectivity index (χ0v) is 12.7. The zero-order valence-electron chi connectivity index (χ0n) is 11.9. The molecule has 0 spiro atoms. The molecule has 1 N–H and O–H groups in total. The monoisotopic (exact) mass is 276 g/mol. The Morgan fingerprint density at radius 1 is 1.32 bits per heavy atom. The lowest BCUT2D eigenvalue weighted by Gasteiger charge is -2.15.